The Labute approximate surface area is 186 Å². The number of nitrogens with zero attached hydrogens (tertiary/aromatic N) is 2. The van der Waals surface area contributed by atoms with Crippen LogP contribution in [0, 0.1) is 0 Å². The molecule has 32 heavy (non-hydrogen) atoms. The molecule has 0 unspecified atom stereocenters. The number of hydrogen-bond acceptors (Lipinski definition) is 5. The quantitative estimate of drug-likeness (QED) is 0.635. The van der Waals surface area contributed by atoms with Crippen LogP contribution >= 0.6 is 0 Å². The van der Waals surface area contributed by atoms with Crippen molar-refractivity contribution in [1.82, 2.24) is 0 Å². The number of hydrogen-bond donors (Lipinski definition) is 2. The Balaban J connectivity index is 1.30. The lowest BCUT2D eigenvalue weighted by atomic mass is 10.1. The van der Waals surface area contributed by atoms with Crippen molar-refractivity contribution in [2.24, 2.45) is 4.40 Å². The van der Waals surface area contributed by atoms with Gasteiger partial charge in [-0.2, -0.15) is 8.42 Å². The lowest BCUT2D eigenvalue weighted by molar-refractivity contribution is 0.102. The zero-order valence-corrected chi connectivity index (χ0v) is 18.3. The summed E-state index contributed by atoms with van der Waals surface area (Å²) < 4.78 is 28.2. The van der Waals surface area contributed by atoms with E-state index in [-0.39, 0.29) is 16.6 Å². The Morgan fingerprint density at radius 3 is 2.56 bits per heavy atom. The smallest absolute Gasteiger partial charge is 0.285 e. The second-order valence-electron chi connectivity index (χ2n) is 7.74. The minimum atomic E-state index is -3.68. The lowest BCUT2D eigenvalue weighted by Crippen LogP contribution is -2.19. The molecule has 0 fully saturated rings. The van der Waals surface area contributed by atoms with E-state index >= 15 is 0 Å². The van der Waals surface area contributed by atoms with Crippen LogP contribution in [0.25, 0.3) is 0 Å². The molecule has 0 atom stereocenters. The number of fused-ring (bicyclic) bond motifs is 2. The van der Waals surface area contributed by atoms with Crippen LogP contribution in [0.2, 0.25) is 0 Å². The standard InChI is InChI=1S/C24H22N4O3S/c1-2-28-14-13-16-7-12-19(15-21(16)28)26-24(29)17-8-10-18(11-9-17)25-23-20-5-3-4-6-22(20)32(30,31)27-23/h3-12,15H,2,13-14H2,1H3,(H,25,27)(H,26,29). The minimum absolute atomic E-state index is 0.189. The molecule has 8 heteroatoms. The van der Waals surface area contributed by atoms with E-state index in [0.29, 0.717) is 16.8 Å². The highest BCUT2D eigenvalue weighted by atomic mass is 32.2. The normalized spacial score (nSPS) is 15.7. The topological polar surface area (TPSA) is 90.9 Å². The van der Waals surface area contributed by atoms with Gasteiger partial charge in [0.15, 0.2) is 5.84 Å². The largest absolute Gasteiger partial charge is 0.371 e. The van der Waals surface area contributed by atoms with Gasteiger partial charge in [-0.25, -0.2) is 0 Å². The highest BCUT2D eigenvalue weighted by molar-refractivity contribution is 7.90. The van der Waals surface area contributed by atoms with Crippen LogP contribution in [0.15, 0.2) is 76.0 Å². The predicted octanol–water partition coefficient (Wildman–Crippen LogP) is 3.88. The minimum Gasteiger partial charge on any atom is -0.371 e. The van der Waals surface area contributed by atoms with Crippen molar-refractivity contribution in [2.45, 2.75) is 18.2 Å². The third-order valence-corrected chi connectivity index (χ3v) is 7.09. The number of amidine groups is 1. The third-order valence-electron chi connectivity index (χ3n) is 5.76. The molecule has 0 aromatic heterocycles. The predicted molar refractivity (Wildman–Crippen MR) is 126 cm³/mol. The monoisotopic (exact) mass is 446 g/mol. The molecule has 7 nitrogen and oxygen atoms in total. The molecular weight excluding hydrogens is 424 g/mol. The van der Waals surface area contributed by atoms with Gasteiger partial charge in [-0.3, -0.25) is 4.79 Å². The Morgan fingerprint density at radius 1 is 1.03 bits per heavy atom. The van der Waals surface area contributed by atoms with Gasteiger partial charge in [0.2, 0.25) is 0 Å². The molecule has 2 N–H and O–H groups in total. The number of benzene rings is 3. The first-order valence-electron chi connectivity index (χ1n) is 10.5. The van der Waals surface area contributed by atoms with Crippen LogP contribution in [0.3, 0.4) is 0 Å². The molecule has 0 saturated heterocycles. The van der Waals surface area contributed by atoms with Crippen molar-refractivity contribution < 1.29 is 13.2 Å². The number of anilines is 3. The first-order chi connectivity index (χ1) is 15.4. The number of likely N-dealkylation sites (N-methyl/N-ethyl adjacent to an activating group) is 1. The van der Waals surface area contributed by atoms with Gasteiger partial charge in [-0.15, -0.1) is 4.40 Å². The molecule has 162 valence electrons. The highest BCUT2D eigenvalue weighted by Gasteiger charge is 2.28. The van der Waals surface area contributed by atoms with Gasteiger partial charge < -0.3 is 15.5 Å². The van der Waals surface area contributed by atoms with Crippen LogP contribution in [0.4, 0.5) is 17.1 Å². The van der Waals surface area contributed by atoms with Gasteiger partial charge in [0.25, 0.3) is 15.9 Å². The molecule has 0 aliphatic carbocycles. The third kappa shape index (κ3) is 3.62. The molecule has 0 spiro atoms. The molecule has 2 heterocycles. The molecule has 2 aliphatic rings. The number of carbonyl (C=O) groups is 1. The van der Waals surface area contributed by atoms with Crippen molar-refractivity contribution in [2.75, 3.05) is 28.6 Å². The highest BCUT2D eigenvalue weighted by Crippen LogP contribution is 2.31. The Kier molecular flexibility index (Phi) is 4.94. The fourth-order valence-electron chi connectivity index (χ4n) is 4.09. The van der Waals surface area contributed by atoms with Crippen molar-refractivity contribution in [1.29, 1.82) is 0 Å². The van der Waals surface area contributed by atoms with Crippen LogP contribution in [0.1, 0.15) is 28.4 Å². The maximum absolute atomic E-state index is 12.7. The second kappa shape index (κ2) is 7.80. The Hall–Kier alpha value is -3.65. The van der Waals surface area contributed by atoms with Gasteiger partial charge in [-0.05, 0) is 67.4 Å². The van der Waals surface area contributed by atoms with E-state index in [0.717, 1.165) is 25.2 Å². The SMILES string of the molecule is CCN1CCc2ccc(NC(=O)c3ccc(NC4=NS(=O)(=O)c5ccccc54)cc3)cc21. The molecule has 3 aromatic rings. The van der Waals surface area contributed by atoms with Crippen molar-refractivity contribution in [3.05, 3.63) is 83.4 Å². The summed E-state index contributed by atoms with van der Waals surface area (Å²) in [6.45, 7) is 4.08. The van der Waals surface area contributed by atoms with Crippen LogP contribution in [0.5, 0.6) is 0 Å². The van der Waals surface area contributed by atoms with Gasteiger partial charge in [0.05, 0.1) is 0 Å². The van der Waals surface area contributed by atoms with E-state index in [1.165, 1.54) is 17.3 Å². The maximum atomic E-state index is 12.7. The summed E-state index contributed by atoms with van der Waals surface area (Å²) in [5, 5.41) is 6.00. The lowest BCUT2D eigenvalue weighted by Gasteiger charge is -2.17. The first-order valence-corrected chi connectivity index (χ1v) is 11.9. The summed E-state index contributed by atoms with van der Waals surface area (Å²) in [6.07, 6.45) is 1.03. The number of nitrogens with one attached hydrogen (secondary N) is 2. The number of carbonyl (C=O) groups excluding carboxylic acids is 1. The van der Waals surface area contributed by atoms with Crippen molar-refractivity contribution >= 4 is 38.8 Å². The van der Waals surface area contributed by atoms with Crippen molar-refractivity contribution in [3.8, 4) is 0 Å². The van der Waals surface area contributed by atoms with Crippen LogP contribution < -0.4 is 15.5 Å². The van der Waals surface area contributed by atoms with E-state index in [9.17, 15) is 13.2 Å². The molecule has 1 amide bonds. The van der Waals surface area contributed by atoms with E-state index in [2.05, 4.69) is 32.9 Å². The number of rotatable bonds is 4. The summed E-state index contributed by atoms with van der Waals surface area (Å²) in [6, 6.07) is 19.6. The van der Waals surface area contributed by atoms with Gasteiger partial charge in [0, 0.05) is 41.3 Å². The summed E-state index contributed by atoms with van der Waals surface area (Å²) >= 11 is 0. The molecule has 0 radical (unpaired) electrons. The molecular formula is C24H22N4O3S. The summed E-state index contributed by atoms with van der Waals surface area (Å²) in [4.78, 5) is 15.2. The molecule has 2 aliphatic heterocycles. The van der Waals surface area contributed by atoms with E-state index in [1.54, 1.807) is 42.5 Å². The molecule has 3 aromatic carbocycles. The average Bonchev–Trinajstić information content (AvgIpc) is 3.32. The average molecular weight is 447 g/mol. The van der Waals surface area contributed by atoms with Crippen LogP contribution in [-0.4, -0.2) is 33.3 Å². The van der Waals surface area contributed by atoms with Crippen LogP contribution in [-0.2, 0) is 16.4 Å². The molecule has 0 saturated carbocycles. The summed E-state index contributed by atoms with van der Waals surface area (Å²) in [5.74, 6) is 0.0695. The zero-order chi connectivity index (χ0) is 22.3. The fraction of sp³-hybridized carbons (Fsp3) is 0.167. The summed E-state index contributed by atoms with van der Waals surface area (Å²) in [5.41, 5.74) is 4.93. The Bertz CT molecular complexity index is 1350. The Morgan fingerprint density at radius 2 is 1.78 bits per heavy atom. The van der Waals surface area contributed by atoms with E-state index in [1.807, 2.05) is 12.1 Å². The van der Waals surface area contributed by atoms with Gasteiger partial charge in [-0.1, -0.05) is 18.2 Å². The van der Waals surface area contributed by atoms with E-state index in [4.69, 9.17) is 0 Å². The van der Waals surface area contributed by atoms with E-state index < -0.39 is 10.0 Å². The molecule has 5 rings (SSSR count). The molecule has 0 bridgehead atoms. The summed E-state index contributed by atoms with van der Waals surface area (Å²) in [7, 11) is -3.68. The maximum Gasteiger partial charge on any atom is 0.285 e. The van der Waals surface area contributed by atoms with Crippen molar-refractivity contribution in [3.63, 3.8) is 0 Å². The first kappa shape index (κ1) is 20.3. The van der Waals surface area contributed by atoms with Gasteiger partial charge in [0.1, 0.15) is 4.90 Å². The second-order valence-corrected chi connectivity index (χ2v) is 9.31. The van der Waals surface area contributed by atoms with Gasteiger partial charge >= 0.3 is 0 Å². The zero-order valence-electron chi connectivity index (χ0n) is 17.5. The number of sulfonamides is 1. The number of amides is 1. The fourth-order valence-corrected chi connectivity index (χ4v) is 5.27.